The fraction of sp³-hybridized carbons (Fsp3) is 0.857. The standard InChI is InChI=1S/C28H44O4/c1-15(2)16(3)7-8-17(4)19-9-10-20-23-21(11-12-26(19,20)5)27(6)22(30)13-18(29)14-28(27)25(32-28)24(23)31/h7-8,15,17-25,29-31H,3,9-14H2,1-2,4-6H3/b8-7+/t17-,18+,19-,20+,21+,22+,23+,24-,25-,26-,27+,28-/m1/s1. The van der Waals surface area contributed by atoms with E-state index >= 15 is 0 Å². The Bertz CT molecular complexity index is 805. The van der Waals surface area contributed by atoms with E-state index in [1.54, 1.807) is 0 Å². The number of aliphatic hydroxyl groups is 3. The minimum atomic E-state index is -0.568. The Morgan fingerprint density at radius 2 is 1.78 bits per heavy atom. The zero-order valence-electron chi connectivity index (χ0n) is 20.6. The quantitative estimate of drug-likeness (QED) is 0.441. The summed E-state index contributed by atoms with van der Waals surface area (Å²) in [4.78, 5) is 0. The first-order valence-electron chi connectivity index (χ1n) is 13.1. The first-order valence-corrected chi connectivity index (χ1v) is 13.1. The summed E-state index contributed by atoms with van der Waals surface area (Å²) in [5, 5.41) is 33.2. The highest BCUT2D eigenvalue weighted by molar-refractivity contribution is 5.29. The molecule has 1 saturated heterocycles. The Labute approximate surface area is 194 Å². The minimum Gasteiger partial charge on any atom is -0.393 e. The second kappa shape index (κ2) is 7.41. The van der Waals surface area contributed by atoms with E-state index in [0.29, 0.717) is 36.5 Å². The van der Waals surface area contributed by atoms with Crippen molar-refractivity contribution in [1.82, 2.24) is 0 Å². The number of aliphatic hydroxyl groups excluding tert-OH is 3. The molecule has 4 aliphatic carbocycles. The van der Waals surface area contributed by atoms with Gasteiger partial charge in [-0.25, -0.2) is 0 Å². The fourth-order valence-electron chi connectivity index (χ4n) is 9.21. The predicted octanol–water partition coefficient (Wildman–Crippen LogP) is 4.48. The molecular formula is C28H44O4. The molecule has 1 spiro atoms. The number of ether oxygens (including phenoxy) is 1. The van der Waals surface area contributed by atoms with Crippen molar-refractivity contribution in [1.29, 1.82) is 0 Å². The van der Waals surface area contributed by atoms with Crippen LogP contribution in [0.3, 0.4) is 0 Å². The topological polar surface area (TPSA) is 73.2 Å². The number of fused-ring (bicyclic) bond motifs is 4. The van der Waals surface area contributed by atoms with Crippen molar-refractivity contribution >= 4 is 0 Å². The van der Waals surface area contributed by atoms with Crippen LogP contribution in [0.4, 0.5) is 0 Å². The van der Waals surface area contributed by atoms with E-state index in [0.717, 1.165) is 19.3 Å². The van der Waals surface area contributed by atoms with Crippen LogP contribution in [0.15, 0.2) is 24.3 Å². The van der Waals surface area contributed by atoms with E-state index in [1.807, 2.05) is 0 Å². The molecule has 5 aliphatic rings. The molecule has 0 unspecified atom stereocenters. The predicted molar refractivity (Wildman–Crippen MR) is 126 cm³/mol. The minimum absolute atomic E-state index is 0.177. The van der Waals surface area contributed by atoms with Gasteiger partial charge in [0.1, 0.15) is 11.7 Å². The second-order valence-corrected chi connectivity index (χ2v) is 12.8. The van der Waals surface area contributed by atoms with Gasteiger partial charge in [0.2, 0.25) is 0 Å². The highest BCUT2D eigenvalue weighted by Crippen LogP contribution is 2.74. The molecule has 0 amide bonds. The monoisotopic (exact) mass is 444 g/mol. The molecule has 1 aliphatic heterocycles. The maximum atomic E-state index is 11.5. The van der Waals surface area contributed by atoms with Gasteiger partial charge in [-0.05, 0) is 73.0 Å². The summed E-state index contributed by atoms with van der Waals surface area (Å²) >= 11 is 0. The fourth-order valence-corrected chi connectivity index (χ4v) is 9.21. The lowest BCUT2D eigenvalue weighted by molar-refractivity contribution is -0.193. The summed E-state index contributed by atoms with van der Waals surface area (Å²) in [7, 11) is 0. The third kappa shape index (κ3) is 2.88. The van der Waals surface area contributed by atoms with Gasteiger partial charge in [-0.1, -0.05) is 58.9 Å². The molecule has 4 saturated carbocycles. The van der Waals surface area contributed by atoms with Crippen molar-refractivity contribution in [2.75, 3.05) is 0 Å². The Kier molecular flexibility index (Phi) is 5.34. The van der Waals surface area contributed by atoms with Crippen molar-refractivity contribution in [3.63, 3.8) is 0 Å². The lowest BCUT2D eigenvalue weighted by Crippen LogP contribution is -2.67. The molecule has 5 fully saturated rings. The molecule has 180 valence electrons. The van der Waals surface area contributed by atoms with Gasteiger partial charge in [-0.2, -0.15) is 0 Å². The Morgan fingerprint density at radius 1 is 1.06 bits per heavy atom. The first-order chi connectivity index (χ1) is 15.0. The van der Waals surface area contributed by atoms with Crippen molar-refractivity contribution in [2.24, 2.45) is 46.3 Å². The molecule has 3 N–H and O–H groups in total. The summed E-state index contributed by atoms with van der Waals surface area (Å²) in [6, 6.07) is 0. The molecule has 0 radical (unpaired) electrons. The highest BCUT2D eigenvalue weighted by Gasteiger charge is 2.81. The van der Waals surface area contributed by atoms with Gasteiger partial charge in [0, 0.05) is 11.8 Å². The molecule has 0 bridgehead atoms. The summed E-state index contributed by atoms with van der Waals surface area (Å²) in [5.74, 6) is 2.45. The molecule has 32 heavy (non-hydrogen) atoms. The van der Waals surface area contributed by atoms with Gasteiger partial charge in [-0.15, -0.1) is 0 Å². The van der Waals surface area contributed by atoms with Crippen LogP contribution >= 0.6 is 0 Å². The maximum absolute atomic E-state index is 11.5. The van der Waals surface area contributed by atoms with Crippen LogP contribution in [-0.4, -0.2) is 45.3 Å². The Balaban J connectivity index is 1.42. The van der Waals surface area contributed by atoms with Crippen molar-refractivity contribution in [2.45, 2.75) is 103 Å². The molecule has 0 aromatic heterocycles. The maximum Gasteiger partial charge on any atom is 0.114 e. The van der Waals surface area contributed by atoms with Crippen molar-refractivity contribution < 1.29 is 20.1 Å². The van der Waals surface area contributed by atoms with E-state index < -0.39 is 23.9 Å². The van der Waals surface area contributed by atoms with E-state index in [9.17, 15) is 15.3 Å². The largest absolute Gasteiger partial charge is 0.393 e. The van der Waals surface area contributed by atoms with Crippen LogP contribution in [0.2, 0.25) is 0 Å². The summed E-state index contributed by atoms with van der Waals surface area (Å²) < 4.78 is 6.27. The van der Waals surface area contributed by atoms with Gasteiger partial charge in [0.25, 0.3) is 0 Å². The normalized spacial score (nSPS) is 55.2. The SMILES string of the molecule is C=C(/C=C/[C@@H](C)[C@H]1CC[C@H]2[C@@H]3[C@@H](O)[C@H]4O[C@]45C[C@@H](O)C[C@H](O)[C@]5(C)[C@H]3CC[C@]12C)C(C)C. The van der Waals surface area contributed by atoms with Crippen LogP contribution in [0, 0.1) is 46.3 Å². The number of hydrogen-bond acceptors (Lipinski definition) is 4. The molecule has 1 heterocycles. The highest BCUT2D eigenvalue weighted by atomic mass is 16.6. The average Bonchev–Trinajstić information content (AvgIpc) is 3.34. The molecule has 4 nitrogen and oxygen atoms in total. The van der Waals surface area contributed by atoms with Gasteiger partial charge in [0.15, 0.2) is 0 Å². The molecule has 12 atom stereocenters. The van der Waals surface area contributed by atoms with Crippen molar-refractivity contribution in [3.05, 3.63) is 24.3 Å². The van der Waals surface area contributed by atoms with Gasteiger partial charge in [0.05, 0.1) is 18.3 Å². The summed E-state index contributed by atoms with van der Waals surface area (Å²) in [6.07, 6.45) is 8.28. The third-order valence-corrected chi connectivity index (χ3v) is 11.2. The van der Waals surface area contributed by atoms with Crippen LogP contribution in [-0.2, 0) is 4.74 Å². The van der Waals surface area contributed by atoms with Crippen LogP contribution in [0.1, 0.15) is 73.1 Å². The van der Waals surface area contributed by atoms with Crippen LogP contribution < -0.4 is 0 Å². The number of hydrogen-bond donors (Lipinski definition) is 3. The van der Waals surface area contributed by atoms with E-state index in [2.05, 4.69) is 53.3 Å². The number of rotatable bonds is 4. The van der Waals surface area contributed by atoms with Gasteiger partial charge >= 0.3 is 0 Å². The van der Waals surface area contributed by atoms with Crippen molar-refractivity contribution in [3.8, 4) is 0 Å². The number of allylic oxidation sites excluding steroid dienone is 3. The van der Waals surface area contributed by atoms with E-state index in [1.165, 1.54) is 12.0 Å². The average molecular weight is 445 g/mol. The summed E-state index contributed by atoms with van der Waals surface area (Å²) in [5.41, 5.74) is 0.478. The summed E-state index contributed by atoms with van der Waals surface area (Å²) in [6.45, 7) is 15.6. The molecule has 0 aromatic carbocycles. The number of epoxide rings is 1. The van der Waals surface area contributed by atoms with Crippen LogP contribution in [0.5, 0.6) is 0 Å². The van der Waals surface area contributed by atoms with E-state index in [4.69, 9.17) is 4.74 Å². The van der Waals surface area contributed by atoms with E-state index in [-0.39, 0.29) is 28.8 Å². The molecule has 5 rings (SSSR count). The third-order valence-electron chi connectivity index (χ3n) is 11.2. The molecule has 0 aromatic rings. The molecular weight excluding hydrogens is 400 g/mol. The van der Waals surface area contributed by atoms with Gasteiger partial charge < -0.3 is 20.1 Å². The Hall–Kier alpha value is -0.680. The molecule has 4 heteroatoms. The zero-order valence-corrected chi connectivity index (χ0v) is 20.6. The van der Waals surface area contributed by atoms with Gasteiger partial charge in [-0.3, -0.25) is 0 Å². The zero-order chi connectivity index (χ0) is 23.2. The second-order valence-electron chi connectivity index (χ2n) is 12.8. The Morgan fingerprint density at radius 3 is 2.47 bits per heavy atom. The van der Waals surface area contributed by atoms with Crippen LogP contribution in [0.25, 0.3) is 0 Å². The smallest absolute Gasteiger partial charge is 0.114 e. The first kappa shape index (κ1) is 23.1. The lowest BCUT2D eigenvalue weighted by atomic mass is 9.43. The lowest BCUT2D eigenvalue weighted by Gasteiger charge is -2.61.